The molecule has 0 unspecified atom stereocenters. The lowest BCUT2D eigenvalue weighted by Gasteiger charge is -2.03. The van der Waals surface area contributed by atoms with Gasteiger partial charge in [0.05, 0.1) is 17.5 Å². The molecule has 1 heterocycles. The fourth-order valence-corrected chi connectivity index (χ4v) is 1.49. The molecular weight excluding hydrogens is 223 g/mol. The molecule has 0 aliphatic heterocycles. The summed E-state index contributed by atoms with van der Waals surface area (Å²) in [5.41, 5.74) is 1.23. The van der Waals surface area contributed by atoms with Crippen molar-refractivity contribution in [2.75, 3.05) is 0 Å². The SMILES string of the molecule is C=C(C(=O)O)c1cn[nH]c1-c1cccc(F)c1. The third-order valence-electron chi connectivity index (χ3n) is 2.34. The molecule has 2 N–H and O–H groups in total. The summed E-state index contributed by atoms with van der Waals surface area (Å²) in [7, 11) is 0. The van der Waals surface area contributed by atoms with Crippen LogP contribution in [0.5, 0.6) is 0 Å². The van der Waals surface area contributed by atoms with Crippen molar-refractivity contribution in [3.05, 3.63) is 48.4 Å². The van der Waals surface area contributed by atoms with Crippen molar-refractivity contribution in [3.8, 4) is 11.3 Å². The minimum atomic E-state index is -1.14. The summed E-state index contributed by atoms with van der Waals surface area (Å²) >= 11 is 0. The Bertz CT molecular complexity index is 590. The maximum atomic E-state index is 13.1. The highest BCUT2D eigenvalue weighted by molar-refractivity contribution is 6.16. The first kappa shape index (κ1) is 11.1. The van der Waals surface area contributed by atoms with E-state index < -0.39 is 11.8 Å². The van der Waals surface area contributed by atoms with Crippen LogP contribution in [0.15, 0.2) is 37.0 Å². The van der Waals surface area contributed by atoms with Crippen molar-refractivity contribution < 1.29 is 14.3 Å². The Labute approximate surface area is 96.4 Å². The number of hydrogen-bond acceptors (Lipinski definition) is 2. The van der Waals surface area contributed by atoms with Crippen LogP contribution >= 0.6 is 0 Å². The van der Waals surface area contributed by atoms with Crippen molar-refractivity contribution in [1.29, 1.82) is 0 Å². The molecule has 0 radical (unpaired) electrons. The fraction of sp³-hybridized carbons (Fsp3) is 0. The van der Waals surface area contributed by atoms with Crippen molar-refractivity contribution >= 4 is 11.5 Å². The molecule has 0 saturated heterocycles. The molecule has 2 rings (SSSR count). The zero-order valence-electron chi connectivity index (χ0n) is 8.77. The van der Waals surface area contributed by atoms with Gasteiger partial charge in [0.15, 0.2) is 0 Å². The number of H-pyrrole nitrogens is 1. The first-order valence-electron chi connectivity index (χ1n) is 4.81. The summed E-state index contributed by atoms with van der Waals surface area (Å²) in [6, 6.07) is 5.81. The Morgan fingerprint density at radius 3 is 2.88 bits per heavy atom. The van der Waals surface area contributed by atoms with Crippen molar-refractivity contribution in [2.45, 2.75) is 0 Å². The summed E-state index contributed by atoms with van der Waals surface area (Å²) < 4.78 is 13.1. The van der Waals surface area contributed by atoms with E-state index in [0.29, 0.717) is 16.8 Å². The van der Waals surface area contributed by atoms with Gasteiger partial charge in [-0.05, 0) is 12.1 Å². The summed E-state index contributed by atoms with van der Waals surface area (Å²) in [5, 5.41) is 15.3. The van der Waals surface area contributed by atoms with E-state index in [1.165, 1.54) is 18.3 Å². The van der Waals surface area contributed by atoms with Crippen LogP contribution in [0.25, 0.3) is 16.8 Å². The van der Waals surface area contributed by atoms with Crippen molar-refractivity contribution in [3.63, 3.8) is 0 Å². The number of benzene rings is 1. The van der Waals surface area contributed by atoms with E-state index in [1.807, 2.05) is 0 Å². The first-order chi connectivity index (χ1) is 8.09. The summed E-state index contributed by atoms with van der Waals surface area (Å²) in [6.07, 6.45) is 1.36. The molecule has 1 aromatic carbocycles. The zero-order valence-corrected chi connectivity index (χ0v) is 8.77. The summed E-state index contributed by atoms with van der Waals surface area (Å²) in [5.74, 6) is -1.53. The minimum Gasteiger partial charge on any atom is -0.478 e. The van der Waals surface area contributed by atoms with E-state index in [0.717, 1.165) is 0 Å². The van der Waals surface area contributed by atoms with E-state index in [1.54, 1.807) is 12.1 Å². The second-order valence-electron chi connectivity index (χ2n) is 3.45. The summed E-state index contributed by atoms with van der Waals surface area (Å²) in [6.45, 7) is 3.45. The van der Waals surface area contributed by atoms with Gasteiger partial charge in [0.1, 0.15) is 5.82 Å². The van der Waals surface area contributed by atoms with Gasteiger partial charge in [-0.1, -0.05) is 18.7 Å². The van der Waals surface area contributed by atoms with Gasteiger partial charge in [-0.25, -0.2) is 9.18 Å². The number of hydrogen-bond donors (Lipinski definition) is 2. The highest BCUT2D eigenvalue weighted by Crippen LogP contribution is 2.26. The number of carboxylic acid groups (broad SMARTS) is 1. The van der Waals surface area contributed by atoms with Crippen LogP contribution in [-0.2, 0) is 4.79 Å². The van der Waals surface area contributed by atoms with Crippen molar-refractivity contribution in [1.82, 2.24) is 10.2 Å². The lowest BCUT2D eigenvalue weighted by atomic mass is 10.0. The number of nitrogens with one attached hydrogen (secondary N) is 1. The lowest BCUT2D eigenvalue weighted by Crippen LogP contribution is -1.98. The quantitative estimate of drug-likeness (QED) is 0.798. The van der Waals surface area contributed by atoms with Crippen LogP contribution in [0, 0.1) is 5.82 Å². The second kappa shape index (κ2) is 4.21. The molecule has 1 aromatic heterocycles. The Morgan fingerprint density at radius 2 is 2.24 bits per heavy atom. The zero-order chi connectivity index (χ0) is 12.4. The number of carbonyl (C=O) groups is 1. The molecule has 0 fully saturated rings. The number of carboxylic acids is 1. The van der Waals surface area contributed by atoms with Gasteiger partial charge in [0.25, 0.3) is 0 Å². The average molecular weight is 232 g/mol. The Hall–Kier alpha value is -2.43. The van der Waals surface area contributed by atoms with Crippen LogP contribution in [0.4, 0.5) is 4.39 Å². The number of nitrogens with zero attached hydrogens (tertiary/aromatic N) is 1. The van der Waals surface area contributed by atoms with Gasteiger partial charge in [-0.15, -0.1) is 0 Å². The molecule has 0 saturated carbocycles. The summed E-state index contributed by atoms with van der Waals surface area (Å²) in [4.78, 5) is 10.8. The predicted molar refractivity (Wildman–Crippen MR) is 60.7 cm³/mol. The van der Waals surface area contributed by atoms with Gasteiger partial charge in [-0.3, -0.25) is 5.10 Å². The molecule has 0 spiro atoms. The van der Waals surface area contributed by atoms with Crippen molar-refractivity contribution in [2.24, 2.45) is 0 Å². The Kier molecular flexibility index (Phi) is 2.74. The van der Waals surface area contributed by atoms with Gasteiger partial charge < -0.3 is 5.11 Å². The molecule has 5 heteroatoms. The van der Waals surface area contributed by atoms with Gasteiger partial charge in [-0.2, -0.15) is 5.10 Å². The van der Waals surface area contributed by atoms with E-state index in [-0.39, 0.29) is 5.57 Å². The molecule has 17 heavy (non-hydrogen) atoms. The number of aromatic nitrogens is 2. The number of rotatable bonds is 3. The minimum absolute atomic E-state index is 0.0852. The lowest BCUT2D eigenvalue weighted by molar-refractivity contribution is -0.130. The van der Waals surface area contributed by atoms with E-state index in [9.17, 15) is 9.18 Å². The van der Waals surface area contributed by atoms with Crippen LogP contribution in [0.2, 0.25) is 0 Å². The predicted octanol–water partition coefficient (Wildman–Crippen LogP) is 2.31. The van der Waals surface area contributed by atoms with Crippen LogP contribution in [-0.4, -0.2) is 21.3 Å². The highest BCUT2D eigenvalue weighted by Gasteiger charge is 2.15. The fourth-order valence-electron chi connectivity index (χ4n) is 1.49. The third kappa shape index (κ3) is 2.08. The van der Waals surface area contributed by atoms with E-state index in [2.05, 4.69) is 16.8 Å². The normalized spacial score (nSPS) is 10.2. The molecule has 86 valence electrons. The average Bonchev–Trinajstić information content (AvgIpc) is 2.76. The van der Waals surface area contributed by atoms with Gasteiger partial charge >= 0.3 is 5.97 Å². The topological polar surface area (TPSA) is 66.0 Å². The van der Waals surface area contributed by atoms with Crippen LogP contribution < -0.4 is 0 Å². The number of aromatic amines is 1. The Balaban J connectivity index is 2.51. The molecule has 0 atom stereocenters. The third-order valence-corrected chi connectivity index (χ3v) is 2.34. The molecule has 0 amide bonds. The molecule has 4 nitrogen and oxygen atoms in total. The molecule has 2 aromatic rings. The van der Waals surface area contributed by atoms with E-state index in [4.69, 9.17) is 5.11 Å². The Morgan fingerprint density at radius 1 is 1.47 bits per heavy atom. The van der Waals surface area contributed by atoms with E-state index >= 15 is 0 Å². The van der Waals surface area contributed by atoms with Gasteiger partial charge in [0, 0.05) is 11.1 Å². The molecule has 0 aliphatic rings. The number of halogens is 1. The number of aliphatic carboxylic acids is 1. The first-order valence-corrected chi connectivity index (χ1v) is 4.81. The smallest absolute Gasteiger partial charge is 0.335 e. The monoisotopic (exact) mass is 232 g/mol. The molecular formula is C12H9FN2O2. The maximum absolute atomic E-state index is 13.1. The molecule has 0 bridgehead atoms. The largest absolute Gasteiger partial charge is 0.478 e. The van der Waals surface area contributed by atoms with Crippen LogP contribution in [0.3, 0.4) is 0 Å². The standard InChI is InChI=1S/C12H9FN2O2/c1-7(12(16)17)10-6-14-15-11(10)8-3-2-4-9(13)5-8/h2-6H,1H2,(H,14,15)(H,16,17). The van der Waals surface area contributed by atoms with Gasteiger partial charge in [0.2, 0.25) is 0 Å². The maximum Gasteiger partial charge on any atom is 0.335 e. The molecule has 0 aliphatic carbocycles. The van der Waals surface area contributed by atoms with Crippen LogP contribution in [0.1, 0.15) is 5.56 Å². The highest BCUT2D eigenvalue weighted by atomic mass is 19.1. The second-order valence-corrected chi connectivity index (χ2v) is 3.45.